The number of aliphatic hydroxyl groups excluding tert-OH is 1. The molecule has 1 aromatic heterocycles. The third-order valence-electron chi connectivity index (χ3n) is 2.41. The number of aliphatic hydroxyl groups is 1. The zero-order chi connectivity index (χ0) is 10.7. The molecule has 3 heteroatoms. The van der Waals surface area contributed by atoms with E-state index in [0.29, 0.717) is 0 Å². The lowest BCUT2D eigenvalue weighted by molar-refractivity contribution is 0.289. The maximum absolute atomic E-state index is 8.83. The number of hydrogen-bond donors (Lipinski definition) is 1. The summed E-state index contributed by atoms with van der Waals surface area (Å²) in [5.41, 5.74) is 1.97. The van der Waals surface area contributed by atoms with Gasteiger partial charge in [-0.2, -0.15) is 0 Å². The maximum Gasteiger partial charge on any atom is 0.0748 e. The van der Waals surface area contributed by atoms with Gasteiger partial charge in [0.2, 0.25) is 0 Å². The first-order chi connectivity index (χ1) is 7.33. The molecule has 0 saturated heterocycles. The van der Waals surface area contributed by atoms with Crippen molar-refractivity contribution in [2.45, 2.75) is 12.8 Å². The van der Waals surface area contributed by atoms with Gasteiger partial charge in [-0.3, -0.25) is 4.98 Å². The van der Waals surface area contributed by atoms with Gasteiger partial charge in [0.15, 0.2) is 0 Å². The highest BCUT2D eigenvalue weighted by Gasteiger charge is 2.06. The molecule has 2 aromatic rings. The van der Waals surface area contributed by atoms with Crippen molar-refractivity contribution in [3.63, 3.8) is 0 Å². The topological polar surface area (TPSA) is 33.1 Å². The lowest BCUT2D eigenvalue weighted by atomic mass is 10.1. The van der Waals surface area contributed by atoms with Crippen molar-refractivity contribution in [3.8, 4) is 0 Å². The first-order valence-corrected chi connectivity index (χ1v) is 5.33. The Kier molecular flexibility index (Phi) is 3.19. The predicted molar refractivity (Wildman–Crippen MR) is 62.2 cm³/mol. The van der Waals surface area contributed by atoms with Crippen molar-refractivity contribution in [1.29, 1.82) is 0 Å². The van der Waals surface area contributed by atoms with Gasteiger partial charge in [0, 0.05) is 23.2 Å². The molecule has 0 spiro atoms. The summed E-state index contributed by atoms with van der Waals surface area (Å²) in [6.45, 7) is 0.180. The zero-order valence-electron chi connectivity index (χ0n) is 8.28. The number of benzene rings is 1. The van der Waals surface area contributed by atoms with E-state index in [1.165, 1.54) is 0 Å². The van der Waals surface area contributed by atoms with Gasteiger partial charge in [-0.25, -0.2) is 0 Å². The Morgan fingerprint density at radius 3 is 2.93 bits per heavy atom. The fourth-order valence-corrected chi connectivity index (χ4v) is 1.92. The molecule has 2 nitrogen and oxygen atoms in total. The number of fused-ring (bicyclic) bond motifs is 1. The molecule has 0 atom stereocenters. The number of aromatic nitrogens is 1. The molecule has 1 N–H and O–H groups in total. The van der Waals surface area contributed by atoms with E-state index >= 15 is 0 Å². The quantitative estimate of drug-likeness (QED) is 0.865. The van der Waals surface area contributed by atoms with Crippen LogP contribution in [0.15, 0.2) is 30.5 Å². The molecule has 1 heterocycles. The SMILES string of the molecule is OCCCc1c(Cl)ccc2cccnc12. The lowest BCUT2D eigenvalue weighted by Gasteiger charge is -2.06. The minimum atomic E-state index is 0.180. The van der Waals surface area contributed by atoms with Gasteiger partial charge in [-0.05, 0) is 30.5 Å². The maximum atomic E-state index is 8.83. The van der Waals surface area contributed by atoms with Crippen LogP contribution in [0, 0.1) is 0 Å². The predicted octanol–water partition coefficient (Wildman–Crippen LogP) is 2.81. The van der Waals surface area contributed by atoms with Crippen molar-refractivity contribution >= 4 is 22.5 Å². The molecular formula is C12H12ClNO. The van der Waals surface area contributed by atoms with Crippen LogP contribution < -0.4 is 0 Å². The first kappa shape index (κ1) is 10.4. The molecule has 0 fully saturated rings. The summed E-state index contributed by atoms with van der Waals surface area (Å²) < 4.78 is 0. The highest BCUT2D eigenvalue weighted by molar-refractivity contribution is 6.32. The van der Waals surface area contributed by atoms with E-state index in [0.717, 1.165) is 34.3 Å². The second kappa shape index (κ2) is 4.60. The molecule has 2 rings (SSSR count). The summed E-state index contributed by atoms with van der Waals surface area (Å²) in [7, 11) is 0. The number of pyridine rings is 1. The van der Waals surface area contributed by atoms with E-state index in [2.05, 4.69) is 4.98 Å². The molecule has 0 aliphatic carbocycles. The van der Waals surface area contributed by atoms with Crippen LogP contribution in [0.1, 0.15) is 12.0 Å². The second-order valence-electron chi connectivity index (χ2n) is 3.43. The van der Waals surface area contributed by atoms with E-state index in [9.17, 15) is 0 Å². The van der Waals surface area contributed by atoms with Crippen LogP contribution in [0.3, 0.4) is 0 Å². The van der Waals surface area contributed by atoms with E-state index in [-0.39, 0.29) is 6.61 Å². The van der Waals surface area contributed by atoms with E-state index in [4.69, 9.17) is 16.7 Å². The number of halogens is 1. The van der Waals surface area contributed by atoms with Crippen molar-refractivity contribution < 1.29 is 5.11 Å². The van der Waals surface area contributed by atoms with Gasteiger partial charge in [0.25, 0.3) is 0 Å². The number of nitrogens with zero attached hydrogens (tertiary/aromatic N) is 1. The second-order valence-corrected chi connectivity index (χ2v) is 3.84. The summed E-state index contributed by atoms with van der Waals surface area (Å²) >= 11 is 6.12. The molecule has 0 saturated carbocycles. The fraction of sp³-hybridized carbons (Fsp3) is 0.250. The third kappa shape index (κ3) is 2.11. The Morgan fingerprint density at radius 2 is 2.13 bits per heavy atom. The van der Waals surface area contributed by atoms with Crippen LogP contribution in [0.2, 0.25) is 5.02 Å². The molecule has 78 valence electrons. The molecule has 1 aromatic carbocycles. The highest BCUT2D eigenvalue weighted by Crippen LogP contribution is 2.25. The van der Waals surface area contributed by atoms with Gasteiger partial charge in [0.1, 0.15) is 0 Å². The zero-order valence-corrected chi connectivity index (χ0v) is 9.04. The number of aryl methyl sites for hydroxylation is 1. The average molecular weight is 222 g/mol. The van der Waals surface area contributed by atoms with Gasteiger partial charge < -0.3 is 5.11 Å². The summed E-state index contributed by atoms with van der Waals surface area (Å²) in [4.78, 5) is 4.33. The first-order valence-electron chi connectivity index (χ1n) is 4.96. The fourth-order valence-electron chi connectivity index (χ4n) is 1.67. The van der Waals surface area contributed by atoms with Gasteiger partial charge >= 0.3 is 0 Å². The largest absolute Gasteiger partial charge is 0.396 e. The highest BCUT2D eigenvalue weighted by atomic mass is 35.5. The van der Waals surface area contributed by atoms with Crippen LogP contribution in [-0.2, 0) is 6.42 Å². The van der Waals surface area contributed by atoms with Crippen LogP contribution >= 0.6 is 11.6 Å². The van der Waals surface area contributed by atoms with Gasteiger partial charge in [0.05, 0.1) is 5.52 Å². The lowest BCUT2D eigenvalue weighted by Crippen LogP contribution is -1.93. The molecule has 0 bridgehead atoms. The smallest absolute Gasteiger partial charge is 0.0748 e. The molecule has 0 aliphatic heterocycles. The minimum absolute atomic E-state index is 0.180. The van der Waals surface area contributed by atoms with Crippen LogP contribution in [0.25, 0.3) is 10.9 Å². The Labute approximate surface area is 93.5 Å². The molecule has 0 radical (unpaired) electrons. The van der Waals surface area contributed by atoms with Crippen LogP contribution in [0.4, 0.5) is 0 Å². The summed E-state index contributed by atoms with van der Waals surface area (Å²) in [6.07, 6.45) is 3.25. The van der Waals surface area contributed by atoms with Crippen molar-refractivity contribution in [2.75, 3.05) is 6.61 Å². The molecule has 0 unspecified atom stereocenters. The van der Waals surface area contributed by atoms with Crippen molar-refractivity contribution in [2.24, 2.45) is 0 Å². The number of hydrogen-bond acceptors (Lipinski definition) is 2. The Bertz CT molecular complexity index is 470. The van der Waals surface area contributed by atoms with Crippen LogP contribution in [0.5, 0.6) is 0 Å². The van der Waals surface area contributed by atoms with Gasteiger partial charge in [-0.1, -0.05) is 23.7 Å². The molecular weight excluding hydrogens is 210 g/mol. The molecule has 15 heavy (non-hydrogen) atoms. The Morgan fingerprint density at radius 1 is 1.27 bits per heavy atom. The van der Waals surface area contributed by atoms with Crippen molar-refractivity contribution in [1.82, 2.24) is 4.98 Å². The van der Waals surface area contributed by atoms with E-state index < -0.39 is 0 Å². The van der Waals surface area contributed by atoms with E-state index in [1.807, 2.05) is 24.3 Å². The van der Waals surface area contributed by atoms with Gasteiger partial charge in [-0.15, -0.1) is 0 Å². The van der Waals surface area contributed by atoms with Crippen molar-refractivity contribution in [3.05, 3.63) is 41.0 Å². The summed E-state index contributed by atoms with van der Waals surface area (Å²) in [6, 6.07) is 7.78. The molecule has 0 amide bonds. The van der Waals surface area contributed by atoms with E-state index in [1.54, 1.807) is 6.20 Å². The van der Waals surface area contributed by atoms with Crippen LogP contribution in [-0.4, -0.2) is 16.7 Å². The standard InChI is InChI=1S/C12H12ClNO/c13-11-6-5-9-3-1-7-14-12(9)10(11)4-2-8-15/h1,3,5-7,15H,2,4,8H2. The molecule has 0 aliphatic rings. The third-order valence-corrected chi connectivity index (χ3v) is 2.76. The average Bonchev–Trinajstić information content (AvgIpc) is 2.28. The Hall–Kier alpha value is -1.12. The normalized spacial score (nSPS) is 10.8. The summed E-state index contributed by atoms with van der Waals surface area (Å²) in [5.74, 6) is 0. The monoisotopic (exact) mass is 221 g/mol. The minimum Gasteiger partial charge on any atom is -0.396 e. The summed E-state index contributed by atoms with van der Waals surface area (Å²) in [5, 5.41) is 10.7. The number of rotatable bonds is 3. The Balaban J connectivity index is 2.53.